The Balaban J connectivity index is 2.57. The van der Waals surface area contributed by atoms with E-state index in [4.69, 9.17) is 6.42 Å². The van der Waals surface area contributed by atoms with Crippen molar-refractivity contribution in [2.24, 2.45) is 0 Å². The summed E-state index contributed by atoms with van der Waals surface area (Å²) in [6.45, 7) is 1.98. The van der Waals surface area contributed by atoms with Gasteiger partial charge < -0.3 is 5.11 Å². The molecule has 1 nitrogen and oxygen atoms in total. The zero-order chi connectivity index (χ0) is 12.3. The van der Waals surface area contributed by atoms with Crippen LogP contribution in [0.4, 0.5) is 0 Å². The molecule has 0 heterocycles. The lowest BCUT2D eigenvalue weighted by Crippen LogP contribution is -2.24. The summed E-state index contributed by atoms with van der Waals surface area (Å²) in [6, 6.07) is 16.9. The van der Waals surface area contributed by atoms with E-state index in [9.17, 15) is 5.11 Å². The predicted octanol–water partition coefficient (Wildman–Crippen LogP) is 2.86. The van der Waals surface area contributed by atoms with E-state index in [1.54, 1.807) is 0 Å². The van der Waals surface area contributed by atoms with Gasteiger partial charge in [-0.2, -0.15) is 0 Å². The first kappa shape index (κ1) is 11.4. The molecule has 1 N–H and O–H groups in total. The molecule has 0 aliphatic heterocycles. The van der Waals surface area contributed by atoms with E-state index in [2.05, 4.69) is 5.92 Å². The molecule has 2 aromatic rings. The van der Waals surface area contributed by atoms with E-state index >= 15 is 0 Å². The fourth-order valence-electron chi connectivity index (χ4n) is 1.88. The van der Waals surface area contributed by atoms with Gasteiger partial charge in [-0.25, -0.2) is 0 Å². The predicted molar refractivity (Wildman–Crippen MR) is 69.5 cm³/mol. The molecule has 0 saturated heterocycles. The van der Waals surface area contributed by atoms with Crippen LogP contribution in [0.15, 0.2) is 54.6 Å². The maximum atomic E-state index is 10.7. The molecule has 2 rings (SSSR count). The van der Waals surface area contributed by atoms with E-state index in [0.717, 1.165) is 11.1 Å². The second kappa shape index (κ2) is 4.45. The SMILES string of the molecule is C#CC(O)(c1ccccc1)c1cccc(C)c1. The van der Waals surface area contributed by atoms with Gasteiger partial charge in [0.05, 0.1) is 0 Å². The van der Waals surface area contributed by atoms with Gasteiger partial charge >= 0.3 is 0 Å². The van der Waals surface area contributed by atoms with E-state index < -0.39 is 5.60 Å². The number of aryl methyl sites for hydroxylation is 1. The summed E-state index contributed by atoms with van der Waals surface area (Å²) in [6.07, 6.45) is 5.52. The third-order valence-electron chi connectivity index (χ3n) is 2.84. The van der Waals surface area contributed by atoms with Crippen molar-refractivity contribution in [3.05, 3.63) is 71.3 Å². The molecular weight excluding hydrogens is 208 g/mol. The van der Waals surface area contributed by atoms with Crippen LogP contribution in [0.1, 0.15) is 16.7 Å². The minimum atomic E-state index is -1.35. The van der Waals surface area contributed by atoms with Gasteiger partial charge in [0, 0.05) is 11.1 Å². The Hall–Kier alpha value is -2.04. The van der Waals surface area contributed by atoms with Crippen molar-refractivity contribution in [1.82, 2.24) is 0 Å². The Bertz CT molecular complexity index is 551. The summed E-state index contributed by atoms with van der Waals surface area (Å²) in [5.41, 5.74) is 1.17. The smallest absolute Gasteiger partial charge is 0.176 e. The molecule has 84 valence electrons. The maximum Gasteiger partial charge on any atom is 0.176 e. The largest absolute Gasteiger partial charge is 0.369 e. The first-order valence-corrected chi connectivity index (χ1v) is 5.49. The van der Waals surface area contributed by atoms with Crippen molar-refractivity contribution in [2.75, 3.05) is 0 Å². The molecule has 0 aliphatic rings. The molecule has 1 heteroatoms. The monoisotopic (exact) mass is 222 g/mol. The highest BCUT2D eigenvalue weighted by molar-refractivity contribution is 5.44. The van der Waals surface area contributed by atoms with Gasteiger partial charge in [-0.1, -0.05) is 66.1 Å². The third-order valence-corrected chi connectivity index (χ3v) is 2.84. The standard InChI is InChI=1S/C16H14O/c1-3-16(17,14-9-5-4-6-10-14)15-11-7-8-13(2)12-15/h1,4-12,17H,2H3. The fourth-order valence-corrected chi connectivity index (χ4v) is 1.88. The average molecular weight is 222 g/mol. The normalized spacial score (nSPS) is 13.7. The molecule has 0 bridgehead atoms. The third kappa shape index (κ3) is 2.08. The highest BCUT2D eigenvalue weighted by atomic mass is 16.3. The molecule has 0 spiro atoms. The molecule has 0 fully saturated rings. The van der Waals surface area contributed by atoms with Gasteiger partial charge in [0.25, 0.3) is 0 Å². The van der Waals surface area contributed by atoms with Gasteiger partial charge in [-0.3, -0.25) is 0 Å². The molecule has 2 aromatic carbocycles. The fraction of sp³-hybridized carbons (Fsp3) is 0.125. The van der Waals surface area contributed by atoms with Crippen LogP contribution in [0.2, 0.25) is 0 Å². The lowest BCUT2D eigenvalue weighted by Gasteiger charge is -2.23. The Morgan fingerprint density at radius 3 is 2.24 bits per heavy atom. The van der Waals surface area contributed by atoms with E-state index in [0.29, 0.717) is 5.56 Å². The van der Waals surface area contributed by atoms with E-state index in [-0.39, 0.29) is 0 Å². The van der Waals surface area contributed by atoms with Crippen molar-refractivity contribution >= 4 is 0 Å². The Kier molecular flexibility index (Phi) is 2.99. The molecule has 0 amide bonds. The van der Waals surface area contributed by atoms with Crippen molar-refractivity contribution in [3.63, 3.8) is 0 Å². The van der Waals surface area contributed by atoms with Gasteiger partial charge in [0.1, 0.15) is 0 Å². The summed E-state index contributed by atoms with van der Waals surface area (Å²) >= 11 is 0. The topological polar surface area (TPSA) is 20.2 Å². The quantitative estimate of drug-likeness (QED) is 0.775. The summed E-state index contributed by atoms with van der Waals surface area (Å²) in [5, 5.41) is 10.7. The van der Waals surface area contributed by atoms with Crippen LogP contribution in [-0.4, -0.2) is 5.11 Å². The summed E-state index contributed by atoms with van der Waals surface area (Å²) < 4.78 is 0. The lowest BCUT2D eigenvalue weighted by molar-refractivity contribution is 0.145. The van der Waals surface area contributed by atoms with Crippen molar-refractivity contribution < 1.29 is 5.11 Å². The molecule has 1 atom stereocenters. The first-order valence-electron chi connectivity index (χ1n) is 5.49. The summed E-state index contributed by atoms with van der Waals surface area (Å²) in [5.74, 6) is 2.49. The van der Waals surface area contributed by atoms with Gasteiger partial charge in [-0.15, -0.1) is 6.42 Å². The Morgan fingerprint density at radius 2 is 1.65 bits per heavy atom. The van der Waals surface area contributed by atoms with Gasteiger partial charge in [0.2, 0.25) is 0 Å². The van der Waals surface area contributed by atoms with Crippen molar-refractivity contribution in [2.45, 2.75) is 12.5 Å². The highest BCUT2D eigenvalue weighted by Crippen LogP contribution is 2.29. The lowest BCUT2D eigenvalue weighted by atomic mass is 9.86. The van der Waals surface area contributed by atoms with E-state index in [1.807, 2.05) is 61.5 Å². The molecule has 0 radical (unpaired) electrons. The number of benzene rings is 2. The molecule has 0 aromatic heterocycles. The second-order valence-corrected chi connectivity index (χ2v) is 4.09. The first-order chi connectivity index (χ1) is 8.16. The van der Waals surface area contributed by atoms with Crippen LogP contribution in [0, 0.1) is 19.3 Å². The maximum absolute atomic E-state index is 10.7. The molecule has 0 aliphatic carbocycles. The number of hydrogen-bond donors (Lipinski definition) is 1. The second-order valence-electron chi connectivity index (χ2n) is 4.09. The summed E-state index contributed by atoms with van der Waals surface area (Å²) in [7, 11) is 0. The van der Waals surface area contributed by atoms with Crippen molar-refractivity contribution in [1.29, 1.82) is 0 Å². The molecule has 17 heavy (non-hydrogen) atoms. The molecule has 0 saturated carbocycles. The number of rotatable bonds is 2. The minimum absolute atomic E-state index is 0.716. The highest BCUT2D eigenvalue weighted by Gasteiger charge is 2.28. The van der Waals surface area contributed by atoms with Gasteiger partial charge in [-0.05, 0) is 6.92 Å². The molecule has 1 unspecified atom stereocenters. The minimum Gasteiger partial charge on any atom is -0.369 e. The van der Waals surface area contributed by atoms with E-state index in [1.165, 1.54) is 0 Å². The van der Waals surface area contributed by atoms with Crippen molar-refractivity contribution in [3.8, 4) is 12.3 Å². The molecular formula is C16H14O. The Morgan fingerprint density at radius 1 is 1.00 bits per heavy atom. The zero-order valence-corrected chi connectivity index (χ0v) is 9.72. The number of hydrogen-bond acceptors (Lipinski definition) is 1. The number of terminal acetylenes is 1. The zero-order valence-electron chi connectivity index (χ0n) is 9.72. The van der Waals surface area contributed by atoms with Crippen LogP contribution < -0.4 is 0 Å². The van der Waals surface area contributed by atoms with Crippen LogP contribution in [-0.2, 0) is 5.60 Å². The van der Waals surface area contributed by atoms with Crippen LogP contribution in [0.25, 0.3) is 0 Å². The average Bonchev–Trinajstić information content (AvgIpc) is 2.39. The summed E-state index contributed by atoms with van der Waals surface area (Å²) in [4.78, 5) is 0. The van der Waals surface area contributed by atoms with Gasteiger partial charge in [0.15, 0.2) is 5.60 Å². The van der Waals surface area contributed by atoms with Crippen LogP contribution in [0.3, 0.4) is 0 Å². The van der Waals surface area contributed by atoms with Crippen LogP contribution in [0.5, 0.6) is 0 Å². The Labute approximate surface area is 102 Å². The number of aliphatic hydroxyl groups is 1. The van der Waals surface area contributed by atoms with Crippen LogP contribution >= 0.6 is 0 Å².